The predicted octanol–water partition coefficient (Wildman–Crippen LogP) is 5.16. The number of pyridine rings is 1. The van der Waals surface area contributed by atoms with E-state index in [1.54, 1.807) is 18.0 Å². The van der Waals surface area contributed by atoms with Gasteiger partial charge in [0.1, 0.15) is 11.2 Å². The van der Waals surface area contributed by atoms with Crippen LogP contribution in [-0.2, 0) is 4.74 Å². The minimum atomic E-state index is -0.137. The summed E-state index contributed by atoms with van der Waals surface area (Å²) in [5.41, 5.74) is 10.6. The van der Waals surface area contributed by atoms with Crippen molar-refractivity contribution in [3.8, 4) is 11.6 Å². The van der Waals surface area contributed by atoms with E-state index in [2.05, 4.69) is 28.1 Å². The highest BCUT2D eigenvalue weighted by Gasteiger charge is 2.28. The lowest BCUT2D eigenvalue weighted by molar-refractivity contribution is 0.161. The fourth-order valence-electron chi connectivity index (χ4n) is 3.64. The van der Waals surface area contributed by atoms with Gasteiger partial charge in [0, 0.05) is 22.3 Å². The molecule has 2 aromatic carbocycles. The smallest absolute Gasteiger partial charge is 0.226 e. The van der Waals surface area contributed by atoms with Gasteiger partial charge in [-0.1, -0.05) is 30.0 Å². The van der Waals surface area contributed by atoms with Crippen molar-refractivity contribution < 1.29 is 9.47 Å². The van der Waals surface area contributed by atoms with Crippen LogP contribution >= 0.6 is 11.8 Å². The number of ether oxygens (including phenoxy) is 2. The number of fused-ring (bicyclic) bond motifs is 1. The lowest BCUT2D eigenvalue weighted by Crippen LogP contribution is -2.31. The van der Waals surface area contributed by atoms with Crippen LogP contribution in [0.5, 0.6) is 11.6 Å². The van der Waals surface area contributed by atoms with Crippen molar-refractivity contribution in [3.63, 3.8) is 0 Å². The molecule has 3 heterocycles. The Balaban J connectivity index is 1.39. The molecule has 146 valence electrons. The molecule has 2 aliphatic rings. The first-order valence-corrected chi connectivity index (χ1v) is 10.5. The normalized spacial score (nSPS) is 18.3. The Hall–Kier alpha value is -2.80. The average Bonchev–Trinajstić information content (AvgIpc) is 3.11. The molecule has 6 heteroatoms. The summed E-state index contributed by atoms with van der Waals surface area (Å²) in [5, 5.41) is 0. The van der Waals surface area contributed by atoms with Crippen LogP contribution in [0, 0.1) is 0 Å². The molecule has 2 N–H and O–H groups in total. The van der Waals surface area contributed by atoms with Crippen LogP contribution in [0.3, 0.4) is 0 Å². The molecule has 0 spiro atoms. The van der Waals surface area contributed by atoms with Crippen LogP contribution in [0.1, 0.15) is 12.0 Å². The van der Waals surface area contributed by atoms with Gasteiger partial charge in [0.05, 0.1) is 18.9 Å². The van der Waals surface area contributed by atoms with Gasteiger partial charge in [-0.05, 0) is 60.5 Å². The lowest BCUT2D eigenvalue weighted by Gasteiger charge is -2.24. The number of nitrogens with zero attached hydrogens (tertiary/aromatic N) is 2. The molecule has 0 saturated carbocycles. The Morgan fingerprint density at radius 3 is 2.76 bits per heavy atom. The number of para-hydroxylation sites is 1. The molecule has 0 saturated heterocycles. The second-order valence-electron chi connectivity index (χ2n) is 6.85. The molecule has 2 aliphatic heterocycles. The van der Waals surface area contributed by atoms with E-state index in [-0.39, 0.29) is 5.50 Å². The highest BCUT2D eigenvalue weighted by atomic mass is 32.2. The number of thioether (sulfide) groups is 1. The third-order valence-corrected chi connectivity index (χ3v) is 6.09. The van der Waals surface area contributed by atoms with Gasteiger partial charge < -0.3 is 20.1 Å². The van der Waals surface area contributed by atoms with E-state index in [0.717, 1.165) is 35.7 Å². The predicted molar refractivity (Wildman–Crippen MR) is 117 cm³/mol. The molecule has 1 atom stereocenters. The third-order valence-electron chi connectivity index (χ3n) is 5.04. The maximum Gasteiger partial charge on any atom is 0.226 e. The summed E-state index contributed by atoms with van der Waals surface area (Å²) in [6.07, 6.45) is 4.72. The number of rotatable bonds is 4. The zero-order valence-corrected chi connectivity index (χ0v) is 16.6. The van der Waals surface area contributed by atoms with Gasteiger partial charge >= 0.3 is 0 Å². The molecular formula is C23H21N3O2S. The van der Waals surface area contributed by atoms with Crippen LogP contribution in [-0.4, -0.2) is 23.7 Å². The first kappa shape index (κ1) is 18.2. The van der Waals surface area contributed by atoms with Crippen molar-refractivity contribution in [1.29, 1.82) is 0 Å². The lowest BCUT2D eigenvalue weighted by atomic mass is 10.0. The highest BCUT2D eigenvalue weighted by Crippen LogP contribution is 2.45. The first-order valence-electron chi connectivity index (χ1n) is 9.60. The van der Waals surface area contributed by atoms with Crippen LogP contribution < -0.4 is 15.4 Å². The molecule has 1 aromatic heterocycles. The van der Waals surface area contributed by atoms with Crippen molar-refractivity contribution in [3.05, 3.63) is 78.5 Å². The van der Waals surface area contributed by atoms with E-state index in [1.165, 1.54) is 10.5 Å². The van der Waals surface area contributed by atoms with Gasteiger partial charge in [-0.25, -0.2) is 4.98 Å². The highest BCUT2D eigenvalue weighted by molar-refractivity contribution is 8.00. The molecule has 5 nitrogen and oxygen atoms in total. The van der Waals surface area contributed by atoms with E-state index < -0.39 is 0 Å². The standard InChI is InChI=1S/C23H21N3O2S/c24-23-26(20-5-1-2-6-21(20)29-23)17-7-9-18(10-8-17)28-22-19(4-3-13-25-22)16-11-14-27-15-12-16/h1-11,13,23H,12,14-15,24H2. The summed E-state index contributed by atoms with van der Waals surface area (Å²) in [7, 11) is 0. The number of benzene rings is 2. The third kappa shape index (κ3) is 3.62. The van der Waals surface area contributed by atoms with Crippen LogP contribution in [0.25, 0.3) is 5.57 Å². The second-order valence-corrected chi connectivity index (χ2v) is 8.01. The van der Waals surface area contributed by atoms with Crippen molar-refractivity contribution in [2.45, 2.75) is 16.8 Å². The average molecular weight is 404 g/mol. The van der Waals surface area contributed by atoms with Crippen molar-refractivity contribution in [1.82, 2.24) is 4.98 Å². The molecule has 1 unspecified atom stereocenters. The zero-order chi connectivity index (χ0) is 19.6. The Morgan fingerprint density at radius 1 is 1.07 bits per heavy atom. The van der Waals surface area contributed by atoms with Gasteiger partial charge in [0.15, 0.2) is 0 Å². The molecule has 0 aliphatic carbocycles. The number of hydrogen-bond donors (Lipinski definition) is 1. The van der Waals surface area contributed by atoms with E-state index in [9.17, 15) is 0 Å². The number of aromatic nitrogens is 1. The molecule has 0 fully saturated rings. The van der Waals surface area contributed by atoms with E-state index in [1.807, 2.05) is 48.5 Å². The van der Waals surface area contributed by atoms with Gasteiger partial charge in [0.25, 0.3) is 0 Å². The zero-order valence-electron chi connectivity index (χ0n) is 15.8. The largest absolute Gasteiger partial charge is 0.438 e. The van der Waals surface area contributed by atoms with Crippen LogP contribution in [0.4, 0.5) is 11.4 Å². The maximum absolute atomic E-state index is 6.36. The summed E-state index contributed by atoms with van der Waals surface area (Å²) in [6, 6.07) is 20.3. The second kappa shape index (κ2) is 7.91. The summed E-state index contributed by atoms with van der Waals surface area (Å²) in [4.78, 5) is 7.79. The minimum absolute atomic E-state index is 0.137. The van der Waals surface area contributed by atoms with Gasteiger partial charge in [-0.3, -0.25) is 0 Å². The van der Waals surface area contributed by atoms with Crippen molar-refractivity contribution >= 4 is 28.7 Å². The fraction of sp³-hybridized carbons (Fsp3) is 0.174. The fourth-order valence-corrected chi connectivity index (χ4v) is 4.68. The first-order chi connectivity index (χ1) is 14.3. The van der Waals surface area contributed by atoms with Crippen molar-refractivity contribution in [2.24, 2.45) is 5.73 Å². The summed E-state index contributed by atoms with van der Waals surface area (Å²) >= 11 is 1.66. The number of nitrogens with two attached hydrogens (primary N) is 1. The maximum atomic E-state index is 6.36. The molecule has 0 amide bonds. The van der Waals surface area contributed by atoms with Crippen molar-refractivity contribution in [2.75, 3.05) is 18.1 Å². The Labute approximate surface area is 174 Å². The quantitative estimate of drug-likeness (QED) is 0.649. The van der Waals surface area contributed by atoms with E-state index >= 15 is 0 Å². The Bertz CT molecular complexity index is 1050. The molecule has 0 bridgehead atoms. The summed E-state index contributed by atoms with van der Waals surface area (Å²) < 4.78 is 11.5. The van der Waals surface area contributed by atoms with E-state index in [0.29, 0.717) is 12.5 Å². The monoisotopic (exact) mass is 403 g/mol. The Kier molecular flexibility index (Phi) is 4.97. The molecular weight excluding hydrogens is 382 g/mol. The van der Waals surface area contributed by atoms with Gasteiger partial charge in [-0.2, -0.15) is 0 Å². The number of hydrogen-bond acceptors (Lipinski definition) is 6. The van der Waals surface area contributed by atoms with Gasteiger partial charge in [-0.15, -0.1) is 0 Å². The number of anilines is 2. The molecule has 3 aromatic rings. The van der Waals surface area contributed by atoms with Gasteiger partial charge in [0.2, 0.25) is 5.88 Å². The van der Waals surface area contributed by atoms with E-state index in [4.69, 9.17) is 15.2 Å². The topological polar surface area (TPSA) is 60.6 Å². The molecule has 5 rings (SSSR count). The van der Waals surface area contributed by atoms with Crippen LogP contribution in [0.2, 0.25) is 0 Å². The summed E-state index contributed by atoms with van der Waals surface area (Å²) in [6.45, 7) is 1.36. The summed E-state index contributed by atoms with van der Waals surface area (Å²) in [5.74, 6) is 1.36. The molecule has 29 heavy (non-hydrogen) atoms. The Morgan fingerprint density at radius 2 is 1.93 bits per heavy atom. The molecule has 0 radical (unpaired) electrons. The minimum Gasteiger partial charge on any atom is -0.438 e. The van der Waals surface area contributed by atoms with Crippen LogP contribution in [0.15, 0.2) is 77.8 Å². The SMILES string of the molecule is NC1Sc2ccccc2N1c1ccc(Oc2ncccc2C2=CCOCC2)cc1.